The standard InChI is InChI=1S/C16H18FIN2O/c1-11(2)8-19-9-12-6-13(17)10-20-16(12)21-15-5-3-4-14(18)7-15/h3-7,10-11,19H,8-9H2,1-2H3. The van der Waals surface area contributed by atoms with E-state index < -0.39 is 0 Å². The quantitative estimate of drug-likeness (QED) is 0.732. The molecule has 0 saturated heterocycles. The molecule has 0 saturated carbocycles. The minimum atomic E-state index is -0.355. The van der Waals surface area contributed by atoms with Gasteiger partial charge in [-0.1, -0.05) is 19.9 Å². The number of pyridine rings is 1. The molecule has 2 aromatic rings. The lowest BCUT2D eigenvalue weighted by Gasteiger charge is -2.12. The summed E-state index contributed by atoms with van der Waals surface area (Å²) in [6, 6.07) is 9.13. The smallest absolute Gasteiger partial charge is 0.223 e. The third-order valence-electron chi connectivity index (χ3n) is 2.77. The van der Waals surface area contributed by atoms with E-state index in [1.165, 1.54) is 12.3 Å². The summed E-state index contributed by atoms with van der Waals surface area (Å²) in [4.78, 5) is 4.06. The molecule has 21 heavy (non-hydrogen) atoms. The summed E-state index contributed by atoms with van der Waals surface area (Å²) >= 11 is 2.22. The van der Waals surface area contributed by atoms with E-state index >= 15 is 0 Å². The van der Waals surface area contributed by atoms with Crippen molar-refractivity contribution in [2.45, 2.75) is 20.4 Å². The van der Waals surface area contributed by atoms with Gasteiger partial charge >= 0.3 is 0 Å². The largest absolute Gasteiger partial charge is 0.439 e. The van der Waals surface area contributed by atoms with Crippen LogP contribution in [0.5, 0.6) is 11.6 Å². The maximum Gasteiger partial charge on any atom is 0.223 e. The van der Waals surface area contributed by atoms with Crippen molar-refractivity contribution in [3.63, 3.8) is 0 Å². The van der Waals surface area contributed by atoms with Crippen LogP contribution >= 0.6 is 22.6 Å². The second-order valence-electron chi connectivity index (χ2n) is 5.20. The average Bonchev–Trinajstić information content (AvgIpc) is 2.41. The van der Waals surface area contributed by atoms with E-state index in [2.05, 4.69) is 46.7 Å². The van der Waals surface area contributed by atoms with Crippen molar-refractivity contribution < 1.29 is 9.13 Å². The van der Waals surface area contributed by atoms with Crippen LogP contribution in [0, 0.1) is 15.3 Å². The van der Waals surface area contributed by atoms with Gasteiger partial charge < -0.3 is 10.1 Å². The van der Waals surface area contributed by atoms with Crippen molar-refractivity contribution >= 4 is 22.6 Å². The lowest BCUT2D eigenvalue weighted by atomic mass is 10.2. The van der Waals surface area contributed by atoms with Crippen LogP contribution in [-0.2, 0) is 6.54 Å². The van der Waals surface area contributed by atoms with E-state index in [1.807, 2.05) is 24.3 Å². The third-order valence-corrected chi connectivity index (χ3v) is 3.44. The molecule has 0 spiro atoms. The number of halogens is 2. The summed E-state index contributed by atoms with van der Waals surface area (Å²) in [7, 11) is 0. The van der Waals surface area contributed by atoms with Crippen LogP contribution in [0.15, 0.2) is 36.5 Å². The molecule has 0 fully saturated rings. The number of hydrogen-bond acceptors (Lipinski definition) is 3. The normalized spacial score (nSPS) is 10.9. The zero-order valence-electron chi connectivity index (χ0n) is 12.1. The van der Waals surface area contributed by atoms with Gasteiger partial charge in [0.05, 0.1) is 6.20 Å². The first-order chi connectivity index (χ1) is 10.0. The van der Waals surface area contributed by atoms with Crippen molar-refractivity contribution in [1.29, 1.82) is 0 Å². The topological polar surface area (TPSA) is 34.2 Å². The first-order valence-corrected chi connectivity index (χ1v) is 7.91. The number of ether oxygens (including phenoxy) is 1. The molecule has 1 aromatic heterocycles. The van der Waals surface area contributed by atoms with Gasteiger partial charge in [0.2, 0.25) is 5.88 Å². The molecule has 1 heterocycles. The van der Waals surface area contributed by atoms with E-state index in [9.17, 15) is 4.39 Å². The van der Waals surface area contributed by atoms with Gasteiger partial charge in [0.15, 0.2) is 0 Å². The molecule has 0 aliphatic carbocycles. The summed E-state index contributed by atoms with van der Waals surface area (Å²) in [5.41, 5.74) is 0.717. The Balaban J connectivity index is 2.14. The highest BCUT2D eigenvalue weighted by Gasteiger charge is 2.09. The maximum absolute atomic E-state index is 13.4. The molecule has 0 radical (unpaired) electrons. The first kappa shape index (κ1) is 16.2. The van der Waals surface area contributed by atoms with E-state index in [0.29, 0.717) is 24.1 Å². The molecule has 0 bridgehead atoms. The Labute approximate surface area is 138 Å². The Bertz CT molecular complexity index is 605. The fourth-order valence-electron chi connectivity index (χ4n) is 1.82. The van der Waals surface area contributed by atoms with Crippen molar-refractivity contribution in [3.05, 3.63) is 51.5 Å². The van der Waals surface area contributed by atoms with Crippen LogP contribution in [0.25, 0.3) is 0 Å². The van der Waals surface area contributed by atoms with Crippen LogP contribution in [0.1, 0.15) is 19.4 Å². The molecule has 0 unspecified atom stereocenters. The van der Waals surface area contributed by atoms with E-state index in [1.54, 1.807) is 0 Å². The Morgan fingerprint density at radius 2 is 2.14 bits per heavy atom. The average molecular weight is 400 g/mol. The van der Waals surface area contributed by atoms with Gasteiger partial charge in [-0.05, 0) is 59.3 Å². The number of rotatable bonds is 6. The second-order valence-corrected chi connectivity index (χ2v) is 6.45. The molecule has 0 aliphatic heterocycles. The second kappa shape index (κ2) is 7.70. The van der Waals surface area contributed by atoms with E-state index in [0.717, 1.165) is 15.7 Å². The third kappa shape index (κ3) is 5.24. The zero-order valence-corrected chi connectivity index (χ0v) is 14.2. The van der Waals surface area contributed by atoms with Gasteiger partial charge in [0.1, 0.15) is 11.6 Å². The van der Waals surface area contributed by atoms with Crippen LogP contribution in [0.2, 0.25) is 0 Å². The van der Waals surface area contributed by atoms with Gasteiger partial charge in [0, 0.05) is 15.7 Å². The van der Waals surface area contributed by atoms with E-state index in [4.69, 9.17) is 4.74 Å². The molecule has 3 nitrogen and oxygen atoms in total. The minimum absolute atomic E-state index is 0.355. The molecular weight excluding hydrogens is 382 g/mol. The van der Waals surface area contributed by atoms with Crippen molar-refractivity contribution in [2.75, 3.05) is 6.54 Å². The number of nitrogens with zero attached hydrogens (tertiary/aromatic N) is 1. The summed E-state index contributed by atoms with van der Waals surface area (Å²) < 4.78 is 20.2. The summed E-state index contributed by atoms with van der Waals surface area (Å²) in [6.45, 7) is 5.64. The van der Waals surface area contributed by atoms with Gasteiger partial charge in [-0.25, -0.2) is 9.37 Å². The maximum atomic E-state index is 13.4. The van der Waals surface area contributed by atoms with Crippen molar-refractivity contribution in [2.24, 2.45) is 5.92 Å². The summed E-state index contributed by atoms with van der Waals surface area (Å²) in [6.07, 6.45) is 1.18. The number of benzene rings is 1. The van der Waals surface area contributed by atoms with Crippen molar-refractivity contribution in [1.82, 2.24) is 10.3 Å². The number of nitrogens with one attached hydrogen (secondary N) is 1. The minimum Gasteiger partial charge on any atom is -0.439 e. The molecule has 1 aromatic carbocycles. The molecule has 0 atom stereocenters. The Kier molecular flexibility index (Phi) is 5.93. The van der Waals surface area contributed by atoms with Gasteiger partial charge in [-0.2, -0.15) is 0 Å². The lowest BCUT2D eigenvalue weighted by Crippen LogP contribution is -2.19. The first-order valence-electron chi connectivity index (χ1n) is 6.83. The molecule has 0 amide bonds. The molecule has 5 heteroatoms. The van der Waals surface area contributed by atoms with Gasteiger partial charge in [0.25, 0.3) is 0 Å². The van der Waals surface area contributed by atoms with Crippen LogP contribution in [-0.4, -0.2) is 11.5 Å². The Morgan fingerprint density at radius 3 is 2.86 bits per heavy atom. The molecule has 112 valence electrons. The molecule has 1 N–H and O–H groups in total. The molecule has 2 rings (SSSR count). The fourth-order valence-corrected chi connectivity index (χ4v) is 2.34. The van der Waals surface area contributed by atoms with Crippen LogP contribution < -0.4 is 10.1 Å². The predicted octanol–water partition coefficient (Wildman–Crippen LogP) is 4.36. The van der Waals surface area contributed by atoms with Crippen LogP contribution in [0.3, 0.4) is 0 Å². The zero-order chi connectivity index (χ0) is 15.2. The molecular formula is C16H18FIN2O. The van der Waals surface area contributed by atoms with E-state index in [-0.39, 0.29) is 5.82 Å². The highest BCUT2D eigenvalue weighted by atomic mass is 127. The van der Waals surface area contributed by atoms with Gasteiger partial charge in [-0.3, -0.25) is 0 Å². The highest BCUT2D eigenvalue weighted by molar-refractivity contribution is 14.1. The SMILES string of the molecule is CC(C)CNCc1cc(F)cnc1Oc1cccc(I)c1. The monoisotopic (exact) mass is 400 g/mol. The van der Waals surface area contributed by atoms with Crippen molar-refractivity contribution in [3.8, 4) is 11.6 Å². The Hall–Kier alpha value is -1.21. The number of aromatic nitrogens is 1. The Morgan fingerprint density at radius 1 is 1.33 bits per heavy atom. The van der Waals surface area contributed by atoms with Crippen LogP contribution in [0.4, 0.5) is 4.39 Å². The molecule has 0 aliphatic rings. The van der Waals surface area contributed by atoms with Gasteiger partial charge in [-0.15, -0.1) is 0 Å². The lowest BCUT2D eigenvalue weighted by molar-refractivity contribution is 0.445. The summed E-state index contributed by atoms with van der Waals surface area (Å²) in [5.74, 6) is 1.32. The predicted molar refractivity (Wildman–Crippen MR) is 90.0 cm³/mol. The fraction of sp³-hybridized carbons (Fsp3) is 0.312. The highest BCUT2D eigenvalue weighted by Crippen LogP contribution is 2.24. The summed E-state index contributed by atoms with van der Waals surface area (Å²) in [5, 5.41) is 3.28. The number of hydrogen-bond donors (Lipinski definition) is 1.